The smallest absolute Gasteiger partial charge is 0.243 e. The number of carbonyl (C=O) groups excluding carboxylic acids is 1. The number of rotatable bonds is 5. The molecule has 1 fully saturated rings. The van der Waals surface area contributed by atoms with E-state index in [0.717, 1.165) is 30.4 Å². The zero-order valence-corrected chi connectivity index (χ0v) is 19.2. The number of piperidine rings is 1. The topological polar surface area (TPSA) is 66.5 Å². The minimum atomic E-state index is -3.51. The van der Waals surface area contributed by atoms with E-state index in [9.17, 15) is 13.2 Å². The van der Waals surface area contributed by atoms with Crippen LogP contribution in [0.3, 0.4) is 0 Å². The number of carbonyl (C=O) groups is 1. The van der Waals surface area contributed by atoms with Crippen LogP contribution < -0.4 is 5.32 Å². The molecule has 0 aromatic heterocycles. The minimum Gasteiger partial charge on any atom is -0.355 e. The van der Waals surface area contributed by atoms with Crippen LogP contribution in [0.15, 0.2) is 47.4 Å². The van der Waals surface area contributed by atoms with Gasteiger partial charge in [-0.15, -0.1) is 0 Å². The molecule has 4 rings (SSSR count). The Morgan fingerprint density at radius 1 is 1.03 bits per heavy atom. The van der Waals surface area contributed by atoms with Gasteiger partial charge in [-0.05, 0) is 80.3 Å². The van der Waals surface area contributed by atoms with Crippen molar-refractivity contribution < 1.29 is 13.2 Å². The average molecular weight is 441 g/mol. The van der Waals surface area contributed by atoms with Crippen LogP contribution in [-0.4, -0.2) is 38.3 Å². The number of fused-ring (bicyclic) bond motifs is 1. The van der Waals surface area contributed by atoms with E-state index in [1.807, 2.05) is 19.9 Å². The Bertz CT molecular complexity index is 1060. The van der Waals surface area contributed by atoms with Crippen LogP contribution in [0.5, 0.6) is 0 Å². The maximum atomic E-state index is 13.0. The van der Waals surface area contributed by atoms with E-state index in [4.69, 9.17) is 0 Å². The molecular formula is C25H32N2O3S. The second kappa shape index (κ2) is 9.13. The lowest BCUT2D eigenvalue weighted by Crippen LogP contribution is -2.43. The number of nitrogens with one attached hydrogen (secondary N) is 1. The van der Waals surface area contributed by atoms with Gasteiger partial charge in [-0.2, -0.15) is 4.31 Å². The number of benzene rings is 2. The molecule has 0 bridgehead atoms. The van der Waals surface area contributed by atoms with Crippen LogP contribution in [0.25, 0.3) is 0 Å². The van der Waals surface area contributed by atoms with Gasteiger partial charge in [-0.1, -0.05) is 30.3 Å². The molecule has 0 spiro atoms. The van der Waals surface area contributed by atoms with Crippen LogP contribution in [0.2, 0.25) is 0 Å². The van der Waals surface area contributed by atoms with Crippen molar-refractivity contribution in [3.05, 3.63) is 64.7 Å². The number of nitrogens with zero attached hydrogens (tertiary/aromatic N) is 1. The highest BCUT2D eigenvalue weighted by Crippen LogP contribution is 2.31. The first-order valence-corrected chi connectivity index (χ1v) is 12.7. The summed E-state index contributed by atoms with van der Waals surface area (Å²) in [6.07, 6.45) is 4.51. The van der Waals surface area contributed by atoms with Gasteiger partial charge in [-0.3, -0.25) is 4.79 Å². The fourth-order valence-electron chi connectivity index (χ4n) is 4.82. The normalized spacial score (nSPS) is 20.3. The Morgan fingerprint density at radius 2 is 1.77 bits per heavy atom. The fourth-order valence-corrected chi connectivity index (χ4v) is 6.37. The third-order valence-corrected chi connectivity index (χ3v) is 8.85. The first-order chi connectivity index (χ1) is 14.9. The lowest BCUT2D eigenvalue weighted by Gasteiger charge is -2.31. The van der Waals surface area contributed by atoms with Crippen LogP contribution >= 0.6 is 0 Å². The number of sulfonamides is 1. The number of aryl methyl sites for hydroxylation is 3. The molecule has 2 aliphatic rings. The summed E-state index contributed by atoms with van der Waals surface area (Å²) in [5.41, 5.74) is 4.82. The molecule has 1 unspecified atom stereocenters. The van der Waals surface area contributed by atoms with E-state index < -0.39 is 10.0 Å². The lowest BCUT2D eigenvalue weighted by molar-refractivity contribution is -0.126. The number of amides is 1. The summed E-state index contributed by atoms with van der Waals surface area (Å²) in [5, 5.41) is 3.16. The standard InChI is InChI=1S/C25H32N2O3S/c1-18-10-11-23(16-19(18)2)31(29,30)27-14-12-21(13-15-27)25(28)26-17-22-8-5-7-20-6-3-4-9-24(20)22/h3-4,6,9-11,16,21-22H,5,7-8,12-15,17H2,1-2H3,(H,26,28). The van der Waals surface area contributed by atoms with Crippen LogP contribution in [0, 0.1) is 19.8 Å². The van der Waals surface area contributed by atoms with Gasteiger partial charge in [0.25, 0.3) is 0 Å². The maximum Gasteiger partial charge on any atom is 0.243 e. The molecule has 1 heterocycles. The van der Waals surface area contributed by atoms with Crippen molar-refractivity contribution >= 4 is 15.9 Å². The monoisotopic (exact) mass is 440 g/mol. The second-order valence-electron chi connectivity index (χ2n) is 8.96. The summed E-state index contributed by atoms with van der Waals surface area (Å²) in [6.45, 7) is 5.34. The van der Waals surface area contributed by atoms with Gasteiger partial charge >= 0.3 is 0 Å². The van der Waals surface area contributed by atoms with E-state index in [1.54, 1.807) is 12.1 Å². The summed E-state index contributed by atoms with van der Waals surface area (Å²) in [4.78, 5) is 13.1. The molecule has 5 nitrogen and oxygen atoms in total. The molecule has 1 atom stereocenters. The zero-order chi connectivity index (χ0) is 22.0. The van der Waals surface area contributed by atoms with Gasteiger partial charge in [0, 0.05) is 31.5 Å². The van der Waals surface area contributed by atoms with Crippen LogP contribution in [-0.2, 0) is 21.2 Å². The molecule has 1 aliphatic heterocycles. The van der Waals surface area contributed by atoms with Crippen molar-refractivity contribution in [2.75, 3.05) is 19.6 Å². The summed E-state index contributed by atoms with van der Waals surface area (Å²) in [7, 11) is -3.51. The van der Waals surface area contributed by atoms with Gasteiger partial charge in [-0.25, -0.2) is 8.42 Å². The van der Waals surface area contributed by atoms with Crippen molar-refractivity contribution in [3.8, 4) is 0 Å². The summed E-state index contributed by atoms with van der Waals surface area (Å²) in [6, 6.07) is 13.8. The predicted octanol–water partition coefficient (Wildman–Crippen LogP) is 3.94. The van der Waals surface area contributed by atoms with Crippen molar-refractivity contribution in [2.45, 2.75) is 56.8 Å². The highest BCUT2D eigenvalue weighted by atomic mass is 32.2. The van der Waals surface area contributed by atoms with Crippen LogP contribution in [0.4, 0.5) is 0 Å². The molecule has 0 saturated carbocycles. The Kier molecular flexibility index (Phi) is 6.49. The Labute approximate surface area is 185 Å². The Balaban J connectivity index is 1.32. The Morgan fingerprint density at radius 3 is 2.52 bits per heavy atom. The van der Waals surface area contributed by atoms with Crippen LogP contribution in [0.1, 0.15) is 53.9 Å². The molecule has 0 radical (unpaired) electrons. The zero-order valence-electron chi connectivity index (χ0n) is 18.4. The van der Waals surface area contributed by atoms with E-state index in [2.05, 4.69) is 29.6 Å². The van der Waals surface area contributed by atoms with E-state index >= 15 is 0 Å². The summed E-state index contributed by atoms with van der Waals surface area (Å²) < 4.78 is 27.5. The highest BCUT2D eigenvalue weighted by Gasteiger charge is 2.32. The van der Waals surface area contributed by atoms with E-state index in [0.29, 0.717) is 43.3 Å². The van der Waals surface area contributed by atoms with Gasteiger partial charge in [0.2, 0.25) is 15.9 Å². The highest BCUT2D eigenvalue weighted by molar-refractivity contribution is 7.89. The molecule has 2 aromatic rings. The molecule has 31 heavy (non-hydrogen) atoms. The first kappa shape index (κ1) is 22.0. The molecule has 1 aliphatic carbocycles. The lowest BCUT2D eigenvalue weighted by atomic mass is 9.82. The Hall–Kier alpha value is -2.18. The fraction of sp³-hybridized carbons (Fsp3) is 0.480. The number of hydrogen-bond acceptors (Lipinski definition) is 3. The molecule has 166 valence electrons. The quantitative estimate of drug-likeness (QED) is 0.766. The van der Waals surface area contributed by atoms with Crippen molar-refractivity contribution in [3.63, 3.8) is 0 Å². The predicted molar refractivity (Wildman–Crippen MR) is 123 cm³/mol. The second-order valence-corrected chi connectivity index (χ2v) is 10.9. The van der Waals surface area contributed by atoms with Gasteiger partial charge < -0.3 is 5.32 Å². The summed E-state index contributed by atoms with van der Waals surface area (Å²) >= 11 is 0. The number of hydrogen-bond donors (Lipinski definition) is 1. The van der Waals surface area contributed by atoms with Gasteiger partial charge in [0.05, 0.1) is 4.90 Å². The molecule has 1 N–H and O–H groups in total. The SMILES string of the molecule is Cc1ccc(S(=O)(=O)N2CCC(C(=O)NCC3CCCc4ccccc43)CC2)cc1C. The third-order valence-electron chi connectivity index (χ3n) is 6.96. The van der Waals surface area contributed by atoms with E-state index in [-0.39, 0.29) is 11.8 Å². The van der Waals surface area contributed by atoms with E-state index in [1.165, 1.54) is 15.4 Å². The molecule has 6 heteroatoms. The minimum absolute atomic E-state index is 0.0614. The first-order valence-electron chi connectivity index (χ1n) is 11.3. The van der Waals surface area contributed by atoms with Gasteiger partial charge in [0.15, 0.2) is 0 Å². The molecule has 1 amide bonds. The maximum absolute atomic E-state index is 13.0. The average Bonchev–Trinajstić information content (AvgIpc) is 2.79. The van der Waals surface area contributed by atoms with Gasteiger partial charge in [0.1, 0.15) is 0 Å². The third kappa shape index (κ3) is 4.70. The molecule has 1 saturated heterocycles. The molecule has 2 aromatic carbocycles. The summed E-state index contributed by atoms with van der Waals surface area (Å²) in [5.74, 6) is 0.315. The van der Waals surface area contributed by atoms with Crippen molar-refractivity contribution in [1.82, 2.24) is 9.62 Å². The molecular weight excluding hydrogens is 408 g/mol. The van der Waals surface area contributed by atoms with Crippen molar-refractivity contribution in [2.24, 2.45) is 5.92 Å². The van der Waals surface area contributed by atoms with Crippen molar-refractivity contribution in [1.29, 1.82) is 0 Å². The largest absolute Gasteiger partial charge is 0.355 e.